The van der Waals surface area contributed by atoms with Crippen LogP contribution in [0.4, 0.5) is 5.69 Å². The zero-order valence-corrected chi connectivity index (χ0v) is 17.7. The second-order valence-electron chi connectivity index (χ2n) is 5.78. The van der Waals surface area contributed by atoms with E-state index >= 15 is 0 Å². The van der Waals surface area contributed by atoms with Crippen LogP contribution in [0.25, 0.3) is 11.1 Å². The number of phenolic OH excluding ortho intramolecular Hbond substituents is 1. The first-order valence-corrected chi connectivity index (χ1v) is 12.3. The van der Waals surface area contributed by atoms with E-state index in [0.717, 1.165) is 27.9 Å². The molecule has 0 bridgehead atoms. The molecular weight excluding hydrogens is 401 g/mol. The Morgan fingerprint density at radius 3 is 2.12 bits per heavy atom. The van der Waals surface area contributed by atoms with Crippen molar-refractivity contribution in [1.82, 2.24) is 0 Å². The normalized spacial score (nSPS) is 10.3. The summed E-state index contributed by atoms with van der Waals surface area (Å²) in [6, 6.07) is 21.8. The molecule has 0 amide bonds. The van der Waals surface area contributed by atoms with Gasteiger partial charge in [0.2, 0.25) is 0 Å². The number of aliphatic imine (C=N–C) groups is 1. The molecule has 0 atom stereocenters. The quantitative estimate of drug-likeness (QED) is 0.367. The molecule has 0 unspecified atom stereocenters. The van der Waals surface area contributed by atoms with Crippen LogP contribution >= 0.6 is 18.6 Å². The molecule has 0 aliphatic rings. The van der Waals surface area contributed by atoms with Crippen LogP contribution in [0.15, 0.2) is 71.7 Å². The second kappa shape index (κ2) is 10.5. The Morgan fingerprint density at radius 1 is 0.885 bits per heavy atom. The van der Waals surface area contributed by atoms with Crippen molar-refractivity contribution in [2.45, 2.75) is 13.8 Å². The Labute approximate surface area is 171 Å². The number of phenols is 1. The van der Waals surface area contributed by atoms with Crippen LogP contribution in [0.2, 0.25) is 0 Å². The van der Waals surface area contributed by atoms with Gasteiger partial charge in [0, 0.05) is 17.3 Å². The number of nitrogens with zero attached hydrogens (tertiary/aromatic N) is 1. The summed E-state index contributed by atoms with van der Waals surface area (Å²) < 4.78 is 0. The van der Waals surface area contributed by atoms with E-state index in [1.165, 1.54) is 5.56 Å². The van der Waals surface area contributed by atoms with Crippen molar-refractivity contribution in [1.29, 1.82) is 0 Å². The zero-order chi connectivity index (χ0) is 18.9. The molecule has 0 spiro atoms. The molecule has 3 aromatic rings. The van der Waals surface area contributed by atoms with Crippen molar-refractivity contribution >= 4 is 30.5 Å². The molecule has 0 aliphatic carbocycles. The topological polar surface area (TPSA) is 32.6 Å². The average molecular weight is 420 g/mol. The minimum absolute atomic E-state index is 0.263. The van der Waals surface area contributed by atoms with Gasteiger partial charge in [-0.2, -0.15) is 0 Å². The number of aromatic hydroxyl groups is 1. The van der Waals surface area contributed by atoms with Crippen molar-refractivity contribution < 1.29 is 22.1 Å². The molecular formula is C21H19Cl2NOTi. The van der Waals surface area contributed by atoms with Crippen LogP contribution in [0, 0.1) is 13.8 Å². The number of benzene rings is 3. The molecule has 0 heterocycles. The number of rotatable bonds is 3. The van der Waals surface area contributed by atoms with Crippen LogP contribution < -0.4 is 0 Å². The van der Waals surface area contributed by atoms with Gasteiger partial charge >= 0.3 is 35.6 Å². The van der Waals surface area contributed by atoms with E-state index in [1.54, 1.807) is 6.21 Å². The predicted molar refractivity (Wildman–Crippen MR) is 108 cm³/mol. The van der Waals surface area contributed by atoms with Crippen LogP contribution in [0.3, 0.4) is 0 Å². The van der Waals surface area contributed by atoms with Gasteiger partial charge in [-0.15, -0.1) is 0 Å². The first-order valence-electron chi connectivity index (χ1n) is 8.01. The summed E-state index contributed by atoms with van der Waals surface area (Å²) in [5.41, 5.74) is 5.72. The van der Waals surface area contributed by atoms with Crippen molar-refractivity contribution in [2.24, 2.45) is 4.99 Å². The Kier molecular flexibility index (Phi) is 8.41. The maximum atomic E-state index is 10.6. The predicted octanol–water partition coefficient (Wildman–Crippen LogP) is 6.80. The van der Waals surface area contributed by atoms with E-state index in [-0.39, 0.29) is 5.75 Å². The number of aryl methyl sites for hydroxylation is 2. The Morgan fingerprint density at radius 2 is 1.50 bits per heavy atom. The van der Waals surface area contributed by atoms with Gasteiger partial charge in [0.05, 0.1) is 5.69 Å². The fourth-order valence-electron chi connectivity index (χ4n) is 2.52. The molecule has 5 heteroatoms. The molecule has 0 fully saturated rings. The van der Waals surface area contributed by atoms with E-state index in [9.17, 15) is 5.11 Å². The Bertz CT molecular complexity index is 865. The van der Waals surface area contributed by atoms with Gasteiger partial charge in [0.15, 0.2) is 0 Å². The third kappa shape index (κ3) is 6.00. The SMILES string of the molecule is Cc1ccc(-c2cc(C)cc(C=Nc3ccccc3)c2O)cc1.[Cl][Ti][Cl]. The fourth-order valence-corrected chi connectivity index (χ4v) is 2.52. The standard InChI is InChI=1S/C21H19NO.2ClH.Ti/c1-15-8-10-17(11-9-15)20-13-16(2)12-18(21(20)23)14-22-19-6-4-3-5-7-19;;;/h3-14,23H,1-2H3;2*1H;/q;;;+2/p-2. The number of hydrogen-bond donors (Lipinski definition) is 1. The van der Waals surface area contributed by atoms with Crippen molar-refractivity contribution in [3.05, 3.63) is 83.4 Å². The average Bonchev–Trinajstić information content (AvgIpc) is 2.64. The summed E-state index contributed by atoms with van der Waals surface area (Å²) in [6.45, 7) is 4.08. The first kappa shape index (κ1) is 20.7. The summed E-state index contributed by atoms with van der Waals surface area (Å²) >= 11 is -0.556. The van der Waals surface area contributed by atoms with Gasteiger partial charge in [0.25, 0.3) is 0 Å². The van der Waals surface area contributed by atoms with E-state index in [2.05, 4.69) is 24.0 Å². The van der Waals surface area contributed by atoms with Crippen molar-refractivity contribution in [2.75, 3.05) is 0 Å². The summed E-state index contributed by atoms with van der Waals surface area (Å²) in [5.74, 6) is 0.263. The molecule has 0 aromatic heterocycles. The monoisotopic (exact) mass is 419 g/mol. The summed E-state index contributed by atoms with van der Waals surface area (Å²) in [5, 5.41) is 10.6. The third-order valence-corrected chi connectivity index (χ3v) is 3.76. The van der Waals surface area contributed by atoms with Crippen molar-refractivity contribution in [3.8, 4) is 16.9 Å². The molecule has 3 aromatic carbocycles. The van der Waals surface area contributed by atoms with Gasteiger partial charge in [-0.3, -0.25) is 4.99 Å². The molecule has 0 saturated heterocycles. The molecule has 0 radical (unpaired) electrons. The van der Waals surface area contributed by atoms with Gasteiger partial charge in [-0.05, 0) is 49.2 Å². The molecule has 1 N–H and O–H groups in total. The molecule has 0 saturated carbocycles. The first-order chi connectivity index (χ1) is 12.5. The molecule has 26 heavy (non-hydrogen) atoms. The maximum absolute atomic E-state index is 10.6. The van der Waals surface area contributed by atoms with Crippen LogP contribution in [0.5, 0.6) is 5.75 Å². The van der Waals surface area contributed by atoms with Gasteiger partial charge in [0.1, 0.15) is 5.75 Å². The number of halogens is 2. The van der Waals surface area contributed by atoms with Crippen LogP contribution in [-0.4, -0.2) is 11.3 Å². The summed E-state index contributed by atoms with van der Waals surface area (Å²) in [6.07, 6.45) is 1.72. The Hall–Kier alpha value is -1.58. The summed E-state index contributed by atoms with van der Waals surface area (Å²) in [7, 11) is 9.78. The number of para-hydroxylation sites is 1. The van der Waals surface area contributed by atoms with Gasteiger partial charge < -0.3 is 5.11 Å². The third-order valence-electron chi connectivity index (χ3n) is 3.76. The fraction of sp³-hybridized carbons (Fsp3) is 0.0952. The molecule has 0 aliphatic heterocycles. The second-order valence-corrected chi connectivity index (χ2v) is 8.36. The summed E-state index contributed by atoms with van der Waals surface area (Å²) in [4.78, 5) is 4.44. The van der Waals surface area contributed by atoms with Crippen molar-refractivity contribution in [3.63, 3.8) is 0 Å². The van der Waals surface area contributed by atoms with E-state index in [0.29, 0.717) is 0 Å². The zero-order valence-electron chi connectivity index (χ0n) is 14.6. The number of hydrogen-bond acceptors (Lipinski definition) is 2. The molecule has 132 valence electrons. The molecule has 3 rings (SSSR count). The molecule has 2 nitrogen and oxygen atoms in total. The van der Waals surface area contributed by atoms with Gasteiger partial charge in [-0.1, -0.05) is 48.0 Å². The van der Waals surface area contributed by atoms with E-state index in [4.69, 9.17) is 18.6 Å². The van der Waals surface area contributed by atoms with E-state index in [1.807, 2.05) is 61.5 Å². The van der Waals surface area contributed by atoms with Crippen LogP contribution in [-0.2, 0) is 17.0 Å². The minimum atomic E-state index is -0.556. The van der Waals surface area contributed by atoms with Crippen LogP contribution in [0.1, 0.15) is 16.7 Å². The van der Waals surface area contributed by atoms with E-state index < -0.39 is 17.0 Å². The Balaban J connectivity index is 0.000000758. The van der Waals surface area contributed by atoms with Gasteiger partial charge in [-0.25, -0.2) is 0 Å².